The summed E-state index contributed by atoms with van der Waals surface area (Å²) in [6, 6.07) is 27.8. The van der Waals surface area contributed by atoms with Crippen molar-refractivity contribution in [3.05, 3.63) is 102 Å². The summed E-state index contributed by atoms with van der Waals surface area (Å²) in [5.41, 5.74) is 9.40. The molecule has 26 heavy (non-hydrogen) atoms. The lowest BCUT2D eigenvalue weighted by atomic mass is 10.1. The Labute approximate surface area is 154 Å². The zero-order valence-corrected chi connectivity index (χ0v) is 14.4. The molecular weight excluding hydrogens is 320 g/mol. The Kier molecular flexibility index (Phi) is 5.69. The second kappa shape index (κ2) is 8.55. The molecule has 0 aliphatic carbocycles. The number of hydrogen-bond acceptors (Lipinski definition) is 2. The van der Waals surface area contributed by atoms with Crippen LogP contribution in [0.2, 0.25) is 0 Å². The van der Waals surface area contributed by atoms with Gasteiger partial charge >= 0.3 is 0 Å². The molecule has 3 heteroatoms. The number of nitrogens with zero attached hydrogens (tertiary/aromatic N) is 1. The number of primary amides is 1. The van der Waals surface area contributed by atoms with Crippen molar-refractivity contribution in [2.75, 3.05) is 11.4 Å². The molecule has 0 aliphatic heterocycles. The van der Waals surface area contributed by atoms with E-state index in [0.717, 1.165) is 22.4 Å². The summed E-state index contributed by atoms with van der Waals surface area (Å²) in [5, 5.41) is 0. The number of anilines is 1. The highest BCUT2D eigenvalue weighted by Gasteiger charge is 2.10. The average molecular weight is 340 g/mol. The molecule has 0 heterocycles. The van der Waals surface area contributed by atoms with Gasteiger partial charge in [-0.1, -0.05) is 60.4 Å². The lowest BCUT2D eigenvalue weighted by molar-refractivity contribution is -0.116. The van der Waals surface area contributed by atoms with Crippen LogP contribution in [-0.4, -0.2) is 12.5 Å². The summed E-state index contributed by atoms with van der Waals surface area (Å²) in [6.45, 7) is 0.794. The highest BCUT2D eigenvalue weighted by molar-refractivity contribution is 5.79. The molecule has 0 saturated heterocycles. The fourth-order valence-electron chi connectivity index (χ4n) is 2.65. The molecule has 0 aliphatic rings. The number of carbonyl (C=O) groups is 1. The third kappa shape index (κ3) is 4.99. The van der Waals surface area contributed by atoms with Crippen molar-refractivity contribution >= 4 is 11.6 Å². The molecule has 0 spiro atoms. The van der Waals surface area contributed by atoms with Crippen molar-refractivity contribution in [2.45, 2.75) is 6.54 Å². The predicted molar refractivity (Wildman–Crippen MR) is 106 cm³/mol. The van der Waals surface area contributed by atoms with Gasteiger partial charge in [0.15, 0.2) is 0 Å². The molecule has 1 amide bonds. The van der Waals surface area contributed by atoms with Crippen LogP contribution in [-0.2, 0) is 11.3 Å². The SMILES string of the molecule is NC(=O)CN(Cc1ccccc1)c1ccc(C#Cc2ccccc2)cc1. The van der Waals surface area contributed by atoms with Crippen LogP contribution in [0.1, 0.15) is 16.7 Å². The lowest BCUT2D eigenvalue weighted by Crippen LogP contribution is -2.33. The van der Waals surface area contributed by atoms with Gasteiger partial charge in [0, 0.05) is 23.4 Å². The Balaban J connectivity index is 1.77. The van der Waals surface area contributed by atoms with Gasteiger partial charge in [0.05, 0.1) is 6.54 Å². The van der Waals surface area contributed by atoms with Crippen LogP contribution in [0.5, 0.6) is 0 Å². The minimum atomic E-state index is -0.353. The first-order valence-corrected chi connectivity index (χ1v) is 8.45. The van der Waals surface area contributed by atoms with E-state index in [1.807, 2.05) is 89.8 Å². The number of carbonyl (C=O) groups excluding carboxylic acids is 1. The molecule has 0 fully saturated rings. The molecule has 3 nitrogen and oxygen atoms in total. The Morgan fingerprint density at radius 1 is 0.769 bits per heavy atom. The standard InChI is InChI=1S/C23H20N2O/c24-23(26)18-25(17-21-9-5-2-6-10-21)22-15-13-20(14-16-22)12-11-19-7-3-1-4-8-19/h1-10,13-16H,17-18H2,(H2,24,26). The molecule has 3 rings (SSSR count). The molecular formula is C23H20N2O. The Morgan fingerprint density at radius 3 is 1.88 bits per heavy atom. The second-order valence-corrected chi connectivity index (χ2v) is 5.97. The lowest BCUT2D eigenvalue weighted by Gasteiger charge is -2.23. The van der Waals surface area contributed by atoms with Gasteiger partial charge in [-0.3, -0.25) is 4.79 Å². The predicted octanol–water partition coefficient (Wildman–Crippen LogP) is 3.58. The summed E-state index contributed by atoms with van der Waals surface area (Å²) >= 11 is 0. The van der Waals surface area contributed by atoms with Crippen molar-refractivity contribution < 1.29 is 4.79 Å². The van der Waals surface area contributed by atoms with E-state index in [0.29, 0.717) is 6.54 Å². The monoisotopic (exact) mass is 340 g/mol. The van der Waals surface area contributed by atoms with Crippen LogP contribution >= 0.6 is 0 Å². The first kappa shape index (κ1) is 17.3. The smallest absolute Gasteiger partial charge is 0.236 e. The van der Waals surface area contributed by atoms with Crippen molar-refractivity contribution in [1.29, 1.82) is 0 Å². The van der Waals surface area contributed by atoms with Crippen molar-refractivity contribution in [3.63, 3.8) is 0 Å². The van der Waals surface area contributed by atoms with E-state index in [2.05, 4.69) is 11.8 Å². The van der Waals surface area contributed by atoms with E-state index in [1.54, 1.807) is 0 Å². The first-order valence-electron chi connectivity index (χ1n) is 8.45. The molecule has 0 unspecified atom stereocenters. The van der Waals surface area contributed by atoms with Gasteiger partial charge in [-0.15, -0.1) is 0 Å². The quantitative estimate of drug-likeness (QED) is 0.722. The molecule has 3 aromatic rings. The van der Waals surface area contributed by atoms with E-state index in [4.69, 9.17) is 5.73 Å². The van der Waals surface area contributed by atoms with Gasteiger partial charge in [0.25, 0.3) is 0 Å². The van der Waals surface area contributed by atoms with E-state index in [1.165, 1.54) is 0 Å². The number of benzene rings is 3. The second-order valence-electron chi connectivity index (χ2n) is 5.97. The van der Waals surface area contributed by atoms with Crippen LogP contribution in [0, 0.1) is 11.8 Å². The fraction of sp³-hybridized carbons (Fsp3) is 0.0870. The fourth-order valence-corrected chi connectivity index (χ4v) is 2.65. The summed E-state index contributed by atoms with van der Waals surface area (Å²) in [7, 11) is 0. The number of hydrogen-bond donors (Lipinski definition) is 1. The molecule has 3 aromatic carbocycles. The first-order chi connectivity index (χ1) is 12.7. The van der Waals surface area contributed by atoms with Crippen molar-refractivity contribution in [1.82, 2.24) is 0 Å². The summed E-state index contributed by atoms with van der Waals surface area (Å²) in [6.07, 6.45) is 0. The van der Waals surface area contributed by atoms with Gasteiger partial charge in [-0.05, 0) is 42.0 Å². The topological polar surface area (TPSA) is 46.3 Å². The molecule has 0 saturated carbocycles. The van der Waals surface area contributed by atoms with E-state index in [-0.39, 0.29) is 12.5 Å². The van der Waals surface area contributed by atoms with Crippen molar-refractivity contribution in [3.8, 4) is 11.8 Å². The van der Waals surface area contributed by atoms with Gasteiger partial charge in [-0.25, -0.2) is 0 Å². The zero-order valence-electron chi connectivity index (χ0n) is 14.4. The summed E-state index contributed by atoms with van der Waals surface area (Å²) in [4.78, 5) is 13.4. The van der Waals surface area contributed by atoms with Crippen LogP contribution < -0.4 is 10.6 Å². The minimum absolute atomic E-state index is 0.171. The third-order valence-corrected chi connectivity index (χ3v) is 3.92. The highest BCUT2D eigenvalue weighted by Crippen LogP contribution is 2.18. The van der Waals surface area contributed by atoms with Gasteiger partial charge < -0.3 is 10.6 Å². The van der Waals surface area contributed by atoms with E-state index >= 15 is 0 Å². The maximum atomic E-state index is 11.5. The maximum absolute atomic E-state index is 11.5. The molecule has 0 atom stereocenters. The highest BCUT2D eigenvalue weighted by atomic mass is 16.1. The van der Waals surface area contributed by atoms with Crippen LogP contribution in [0.25, 0.3) is 0 Å². The van der Waals surface area contributed by atoms with Crippen LogP contribution in [0.15, 0.2) is 84.9 Å². The van der Waals surface area contributed by atoms with E-state index < -0.39 is 0 Å². The number of rotatable bonds is 5. The molecule has 0 aromatic heterocycles. The van der Waals surface area contributed by atoms with Crippen molar-refractivity contribution in [2.24, 2.45) is 5.73 Å². The third-order valence-electron chi connectivity index (χ3n) is 3.92. The summed E-state index contributed by atoms with van der Waals surface area (Å²) < 4.78 is 0. The van der Waals surface area contributed by atoms with Crippen LogP contribution in [0.4, 0.5) is 5.69 Å². The van der Waals surface area contributed by atoms with Crippen LogP contribution in [0.3, 0.4) is 0 Å². The Morgan fingerprint density at radius 2 is 1.31 bits per heavy atom. The molecule has 128 valence electrons. The average Bonchev–Trinajstić information content (AvgIpc) is 2.68. The van der Waals surface area contributed by atoms with Gasteiger partial charge in [-0.2, -0.15) is 0 Å². The Bertz CT molecular complexity index is 907. The molecule has 0 radical (unpaired) electrons. The number of nitrogens with two attached hydrogens (primary N) is 1. The molecule has 0 bridgehead atoms. The number of amides is 1. The Hall–Kier alpha value is -3.51. The van der Waals surface area contributed by atoms with Gasteiger partial charge in [0.1, 0.15) is 0 Å². The molecule has 2 N–H and O–H groups in total. The minimum Gasteiger partial charge on any atom is -0.368 e. The zero-order chi connectivity index (χ0) is 18.2. The summed E-state index contributed by atoms with van der Waals surface area (Å²) in [5.74, 6) is 5.95. The van der Waals surface area contributed by atoms with Gasteiger partial charge in [0.2, 0.25) is 5.91 Å². The maximum Gasteiger partial charge on any atom is 0.236 e. The largest absolute Gasteiger partial charge is 0.368 e. The normalized spacial score (nSPS) is 9.85. The van der Waals surface area contributed by atoms with E-state index in [9.17, 15) is 4.79 Å².